The Morgan fingerprint density at radius 2 is 1.65 bits per heavy atom. The van der Waals surface area contributed by atoms with E-state index in [-0.39, 0.29) is 0 Å². The zero-order valence-corrected chi connectivity index (χ0v) is 11.7. The summed E-state index contributed by atoms with van der Waals surface area (Å²) >= 11 is 11.7. The van der Waals surface area contributed by atoms with Gasteiger partial charge < -0.3 is 10.3 Å². The molecular weight excluding hydrogens is 297 g/mol. The van der Waals surface area contributed by atoms with Gasteiger partial charge in [0.05, 0.1) is 5.56 Å². The van der Waals surface area contributed by atoms with Crippen molar-refractivity contribution in [2.45, 2.75) is 0 Å². The third-order valence-corrected chi connectivity index (χ3v) is 3.26. The van der Waals surface area contributed by atoms with Crippen LogP contribution in [0.3, 0.4) is 0 Å². The zero-order chi connectivity index (χ0) is 14.1. The largest absolute Gasteiger partial charge is 0.398 e. The number of hydrogen-bond donors (Lipinski definition) is 1. The van der Waals surface area contributed by atoms with Gasteiger partial charge in [0.2, 0.25) is 5.82 Å². The molecule has 0 aliphatic heterocycles. The van der Waals surface area contributed by atoms with Gasteiger partial charge in [-0.15, -0.1) is 0 Å². The van der Waals surface area contributed by atoms with Crippen LogP contribution in [0.15, 0.2) is 47.0 Å². The number of rotatable bonds is 2. The van der Waals surface area contributed by atoms with Crippen LogP contribution in [0, 0.1) is 0 Å². The monoisotopic (exact) mass is 305 g/mol. The zero-order valence-electron chi connectivity index (χ0n) is 10.2. The van der Waals surface area contributed by atoms with Gasteiger partial charge in [0, 0.05) is 21.3 Å². The minimum Gasteiger partial charge on any atom is -0.398 e. The van der Waals surface area contributed by atoms with Crippen LogP contribution in [-0.2, 0) is 0 Å². The first-order valence-electron chi connectivity index (χ1n) is 5.78. The summed E-state index contributed by atoms with van der Waals surface area (Å²) < 4.78 is 5.24. The van der Waals surface area contributed by atoms with Crippen molar-refractivity contribution in [3.8, 4) is 22.8 Å². The number of hydrogen-bond acceptors (Lipinski definition) is 4. The molecule has 3 aromatic rings. The first kappa shape index (κ1) is 13.0. The van der Waals surface area contributed by atoms with E-state index in [0.29, 0.717) is 33.0 Å². The normalized spacial score (nSPS) is 10.7. The lowest BCUT2D eigenvalue weighted by Crippen LogP contribution is -1.90. The Hall–Kier alpha value is -2.04. The molecule has 2 aromatic carbocycles. The molecule has 100 valence electrons. The Balaban J connectivity index is 1.99. The Morgan fingerprint density at radius 1 is 0.950 bits per heavy atom. The van der Waals surface area contributed by atoms with Gasteiger partial charge in [-0.3, -0.25) is 0 Å². The molecule has 4 nitrogen and oxygen atoms in total. The summed E-state index contributed by atoms with van der Waals surface area (Å²) in [7, 11) is 0. The Labute approximate surface area is 125 Å². The fourth-order valence-electron chi connectivity index (χ4n) is 1.78. The van der Waals surface area contributed by atoms with Gasteiger partial charge in [0.1, 0.15) is 0 Å². The van der Waals surface area contributed by atoms with Crippen LogP contribution in [0.25, 0.3) is 22.8 Å². The SMILES string of the molecule is Nc1cc(Cl)ccc1-c1nc(-c2ccc(Cl)cc2)no1. The molecule has 0 aliphatic rings. The first-order valence-corrected chi connectivity index (χ1v) is 6.54. The van der Waals surface area contributed by atoms with E-state index in [1.165, 1.54) is 0 Å². The maximum absolute atomic E-state index is 5.89. The average Bonchev–Trinajstić information content (AvgIpc) is 2.89. The number of aromatic nitrogens is 2. The second-order valence-electron chi connectivity index (χ2n) is 4.16. The highest BCUT2D eigenvalue weighted by atomic mass is 35.5. The van der Waals surface area contributed by atoms with Gasteiger partial charge in [0.15, 0.2) is 0 Å². The maximum atomic E-state index is 5.89. The van der Waals surface area contributed by atoms with Crippen molar-refractivity contribution >= 4 is 28.9 Å². The van der Waals surface area contributed by atoms with Crippen LogP contribution < -0.4 is 5.73 Å². The fourth-order valence-corrected chi connectivity index (χ4v) is 2.08. The molecule has 3 rings (SSSR count). The molecule has 0 amide bonds. The summed E-state index contributed by atoms with van der Waals surface area (Å²) in [6.45, 7) is 0. The second-order valence-corrected chi connectivity index (χ2v) is 5.03. The number of nitrogen functional groups attached to an aromatic ring is 1. The van der Waals surface area contributed by atoms with Crippen LogP contribution in [0.1, 0.15) is 0 Å². The van der Waals surface area contributed by atoms with E-state index >= 15 is 0 Å². The van der Waals surface area contributed by atoms with Crippen molar-refractivity contribution in [2.24, 2.45) is 0 Å². The van der Waals surface area contributed by atoms with E-state index in [0.717, 1.165) is 5.56 Å². The Morgan fingerprint density at radius 3 is 2.35 bits per heavy atom. The predicted octanol–water partition coefficient (Wildman–Crippen LogP) is 4.29. The quantitative estimate of drug-likeness (QED) is 0.717. The summed E-state index contributed by atoms with van der Waals surface area (Å²) in [6, 6.07) is 12.3. The highest BCUT2D eigenvalue weighted by molar-refractivity contribution is 6.31. The van der Waals surface area contributed by atoms with Crippen molar-refractivity contribution in [1.29, 1.82) is 0 Å². The summed E-state index contributed by atoms with van der Waals surface area (Å²) in [5.41, 5.74) is 7.85. The first-order chi connectivity index (χ1) is 9.63. The lowest BCUT2D eigenvalue weighted by molar-refractivity contribution is 0.432. The van der Waals surface area contributed by atoms with E-state index in [9.17, 15) is 0 Å². The Kier molecular flexibility index (Phi) is 3.34. The molecular formula is C14H9Cl2N3O. The molecule has 1 heterocycles. The topological polar surface area (TPSA) is 64.9 Å². The molecule has 0 atom stereocenters. The smallest absolute Gasteiger partial charge is 0.260 e. The number of halogens is 2. The van der Waals surface area contributed by atoms with Crippen molar-refractivity contribution in [3.05, 3.63) is 52.5 Å². The summed E-state index contributed by atoms with van der Waals surface area (Å²) in [4.78, 5) is 4.33. The number of nitrogens with two attached hydrogens (primary N) is 1. The molecule has 0 radical (unpaired) electrons. The highest BCUT2D eigenvalue weighted by Crippen LogP contribution is 2.29. The number of benzene rings is 2. The fraction of sp³-hybridized carbons (Fsp3) is 0. The highest BCUT2D eigenvalue weighted by Gasteiger charge is 2.13. The molecule has 2 N–H and O–H groups in total. The van der Waals surface area contributed by atoms with Gasteiger partial charge in [-0.25, -0.2) is 0 Å². The molecule has 0 spiro atoms. The van der Waals surface area contributed by atoms with Crippen molar-refractivity contribution in [3.63, 3.8) is 0 Å². The minimum atomic E-state index is 0.351. The molecule has 1 aromatic heterocycles. The summed E-state index contributed by atoms with van der Waals surface area (Å²) in [5, 5.41) is 5.15. The molecule has 6 heteroatoms. The van der Waals surface area contributed by atoms with Crippen molar-refractivity contribution in [1.82, 2.24) is 10.1 Å². The van der Waals surface area contributed by atoms with Crippen LogP contribution >= 0.6 is 23.2 Å². The lowest BCUT2D eigenvalue weighted by atomic mass is 10.2. The average molecular weight is 306 g/mol. The van der Waals surface area contributed by atoms with Crippen molar-refractivity contribution in [2.75, 3.05) is 5.73 Å². The van der Waals surface area contributed by atoms with Crippen LogP contribution in [0.5, 0.6) is 0 Å². The van der Waals surface area contributed by atoms with E-state index < -0.39 is 0 Å². The third kappa shape index (κ3) is 2.48. The third-order valence-electron chi connectivity index (χ3n) is 2.77. The lowest BCUT2D eigenvalue weighted by Gasteiger charge is -2.00. The van der Waals surface area contributed by atoms with Gasteiger partial charge >= 0.3 is 0 Å². The summed E-state index contributed by atoms with van der Waals surface area (Å²) in [5.74, 6) is 0.829. The molecule has 0 saturated heterocycles. The van der Waals surface area contributed by atoms with Crippen LogP contribution in [0.4, 0.5) is 5.69 Å². The molecule has 0 aliphatic carbocycles. The van der Waals surface area contributed by atoms with E-state index in [1.54, 1.807) is 30.3 Å². The maximum Gasteiger partial charge on any atom is 0.260 e. The molecule has 0 bridgehead atoms. The van der Waals surface area contributed by atoms with E-state index in [1.807, 2.05) is 12.1 Å². The van der Waals surface area contributed by atoms with Gasteiger partial charge in [0.25, 0.3) is 5.89 Å². The minimum absolute atomic E-state index is 0.351. The van der Waals surface area contributed by atoms with Crippen LogP contribution in [0.2, 0.25) is 10.0 Å². The number of anilines is 1. The van der Waals surface area contributed by atoms with E-state index in [4.69, 9.17) is 33.5 Å². The van der Waals surface area contributed by atoms with E-state index in [2.05, 4.69) is 10.1 Å². The molecule has 0 fully saturated rings. The second kappa shape index (κ2) is 5.15. The predicted molar refractivity (Wildman–Crippen MR) is 79.6 cm³/mol. The molecule has 0 saturated carbocycles. The Bertz CT molecular complexity index is 753. The summed E-state index contributed by atoms with van der Waals surface area (Å²) in [6.07, 6.45) is 0. The molecule has 20 heavy (non-hydrogen) atoms. The van der Waals surface area contributed by atoms with Gasteiger partial charge in [-0.2, -0.15) is 4.98 Å². The van der Waals surface area contributed by atoms with Gasteiger partial charge in [-0.05, 0) is 42.5 Å². The number of nitrogens with zero attached hydrogens (tertiary/aromatic N) is 2. The molecule has 0 unspecified atom stereocenters. The van der Waals surface area contributed by atoms with Gasteiger partial charge in [-0.1, -0.05) is 28.4 Å². The van der Waals surface area contributed by atoms with Crippen molar-refractivity contribution < 1.29 is 4.52 Å². The standard InChI is InChI=1S/C14H9Cl2N3O/c15-9-3-1-8(2-4-9)13-18-14(20-19-13)11-6-5-10(16)7-12(11)17/h1-7H,17H2. The van der Waals surface area contributed by atoms with Crippen LogP contribution in [-0.4, -0.2) is 10.1 Å².